The van der Waals surface area contributed by atoms with E-state index in [9.17, 15) is 0 Å². The van der Waals surface area contributed by atoms with Crippen molar-refractivity contribution in [1.82, 2.24) is 0 Å². The van der Waals surface area contributed by atoms with E-state index >= 15 is 0 Å². The van der Waals surface area contributed by atoms with Gasteiger partial charge in [-0.3, -0.25) is 0 Å². The quantitative estimate of drug-likeness (QED) is 0.791. The molecule has 2 nitrogen and oxygen atoms in total. The summed E-state index contributed by atoms with van der Waals surface area (Å²) in [5.41, 5.74) is 0. The monoisotopic (exact) mass is 282 g/mol. The Morgan fingerprint density at radius 3 is 1.33 bits per heavy atom. The number of hydrogen-bond donors (Lipinski definition) is 0. The molecule has 0 saturated carbocycles. The summed E-state index contributed by atoms with van der Waals surface area (Å²) in [6.45, 7) is 14.0. The van der Waals surface area contributed by atoms with Crippen molar-refractivity contribution < 1.29 is 9.47 Å². The molecule has 0 aliphatic heterocycles. The minimum Gasteiger partial charge on any atom is -0.497 e. The average Bonchev–Trinajstić information content (AvgIpc) is 2.24. The number of rotatable bonds is 4. The standard InChI is InChI=1S/C14H26O2Si2/c1-15-12-9-11(17(3,4)5)10-13(16-2)14(12)18(6,7)8/h9-10H,1-8H3. The maximum atomic E-state index is 5.63. The molecule has 0 saturated heterocycles. The van der Waals surface area contributed by atoms with E-state index in [1.807, 2.05) is 0 Å². The topological polar surface area (TPSA) is 18.5 Å². The Balaban J connectivity index is 3.55. The highest BCUT2D eigenvalue weighted by Crippen LogP contribution is 2.23. The SMILES string of the molecule is COc1cc([Si](C)(C)C)cc(OC)c1[Si](C)(C)C. The second-order valence-electron chi connectivity index (χ2n) is 6.76. The summed E-state index contributed by atoms with van der Waals surface area (Å²) < 4.78 is 11.3. The van der Waals surface area contributed by atoms with Crippen LogP contribution in [0, 0.1) is 0 Å². The molecule has 1 aromatic carbocycles. The van der Waals surface area contributed by atoms with Gasteiger partial charge in [-0.1, -0.05) is 44.5 Å². The molecule has 1 rings (SSSR count). The van der Waals surface area contributed by atoms with Gasteiger partial charge in [0.05, 0.1) is 30.4 Å². The maximum Gasteiger partial charge on any atom is 0.121 e. The molecular formula is C14H26O2Si2. The number of methoxy groups -OCH3 is 2. The van der Waals surface area contributed by atoms with Crippen molar-refractivity contribution in [3.8, 4) is 11.5 Å². The fourth-order valence-electron chi connectivity index (χ4n) is 2.08. The molecule has 0 radical (unpaired) electrons. The van der Waals surface area contributed by atoms with Crippen LogP contribution in [0.4, 0.5) is 0 Å². The molecule has 1 aromatic rings. The lowest BCUT2D eigenvalue weighted by molar-refractivity contribution is 0.400. The van der Waals surface area contributed by atoms with E-state index in [4.69, 9.17) is 9.47 Å². The van der Waals surface area contributed by atoms with Crippen molar-refractivity contribution in [2.75, 3.05) is 14.2 Å². The van der Waals surface area contributed by atoms with Gasteiger partial charge in [0, 0.05) is 5.19 Å². The molecular weight excluding hydrogens is 256 g/mol. The summed E-state index contributed by atoms with van der Waals surface area (Å²) in [5, 5.41) is 2.67. The Hall–Kier alpha value is -0.746. The van der Waals surface area contributed by atoms with Gasteiger partial charge in [-0.2, -0.15) is 0 Å². The van der Waals surface area contributed by atoms with Crippen LogP contribution >= 0.6 is 0 Å². The van der Waals surface area contributed by atoms with E-state index < -0.39 is 16.1 Å². The van der Waals surface area contributed by atoms with Gasteiger partial charge >= 0.3 is 0 Å². The minimum absolute atomic E-state index is 1.01. The molecule has 0 aliphatic rings. The molecule has 4 heteroatoms. The zero-order valence-electron chi connectivity index (χ0n) is 13.0. The van der Waals surface area contributed by atoms with E-state index in [1.165, 1.54) is 10.4 Å². The summed E-state index contributed by atoms with van der Waals surface area (Å²) in [7, 11) is 0.677. The molecule has 0 unspecified atom stereocenters. The Bertz CT molecular complexity index is 403. The van der Waals surface area contributed by atoms with Gasteiger partial charge in [0.2, 0.25) is 0 Å². The summed E-state index contributed by atoms with van der Waals surface area (Å²) in [4.78, 5) is 0. The first kappa shape index (κ1) is 15.3. The summed E-state index contributed by atoms with van der Waals surface area (Å²) >= 11 is 0. The summed E-state index contributed by atoms with van der Waals surface area (Å²) in [5.74, 6) is 2.01. The molecule has 0 aromatic heterocycles. The van der Waals surface area contributed by atoms with E-state index in [-0.39, 0.29) is 0 Å². The third kappa shape index (κ3) is 3.17. The van der Waals surface area contributed by atoms with Crippen LogP contribution in [-0.4, -0.2) is 30.4 Å². The van der Waals surface area contributed by atoms with Gasteiger partial charge in [0.1, 0.15) is 11.5 Å². The van der Waals surface area contributed by atoms with E-state index in [2.05, 4.69) is 51.4 Å². The van der Waals surface area contributed by atoms with Gasteiger partial charge in [0.25, 0.3) is 0 Å². The van der Waals surface area contributed by atoms with Crippen LogP contribution in [0.25, 0.3) is 0 Å². The molecule has 0 heterocycles. The first-order valence-electron chi connectivity index (χ1n) is 6.38. The van der Waals surface area contributed by atoms with Gasteiger partial charge in [-0.15, -0.1) is 0 Å². The molecule has 0 aliphatic carbocycles. The van der Waals surface area contributed by atoms with Crippen LogP contribution in [0.3, 0.4) is 0 Å². The summed E-state index contributed by atoms with van der Waals surface area (Å²) in [6, 6.07) is 4.45. The van der Waals surface area contributed by atoms with Crippen LogP contribution in [0.2, 0.25) is 39.3 Å². The Morgan fingerprint density at radius 2 is 1.11 bits per heavy atom. The molecule has 0 spiro atoms. The lowest BCUT2D eigenvalue weighted by Crippen LogP contribution is -2.44. The van der Waals surface area contributed by atoms with Crippen molar-refractivity contribution in [3.05, 3.63) is 12.1 Å². The number of benzene rings is 1. The average molecular weight is 283 g/mol. The highest BCUT2D eigenvalue weighted by atomic mass is 28.3. The fourth-order valence-corrected chi connectivity index (χ4v) is 5.04. The second kappa shape index (κ2) is 5.09. The van der Waals surface area contributed by atoms with Crippen molar-refractivity contribution in [2.24, 2.45) is 0 Å². The zero-order chi connectivity index (χ0) is 14.1. The van der Waals surface area contributed by atoms with Crippen LogP contribution in [-0.2, 0) is 0 Å². The van der Waals surface area contributed by atoms with Gasteiger partial charge in [0.15, 0.2) is 0 Å². The molecule has 0 amide bonds. The number of ether oxygens (including phenoxy) is 2. The lowest BCUT2D eigenvalue weighted by Gasteiger charge is -2.26. The molecule has 0 fully saturated rings. The van der Waals surface area contributed by atoms with Crippen LogP contribution in [0.15, 0.2) is 12.1 Å². The first-order valence-corrected chi connectivity index (χ1v) is 13.4. The van der Waals surface area contributed by atoms with Crippen LogP contribution < -0.4 is 19.8 Å². The first-order chi connectivity index (χ1) is 8.11. The van der Waals surface area contributed by atoms with Gasteiger partial charge in [-0.25, -0.2) is 0 Å². The largest absolute Gasteiger partial charge is 0.497 e. The molecule has 0 N–H and O–H groups in total. The van der Waals surface area contributed by atoms with E-state index in [1.54, 1.807) is 14.2 Å². The van der Waals surface area contributed by atoms with Gasteiger partial charge in [-0.05, 0) is 12.1 Å². The van der Waals surface area contributed by atoms with Crippen LogP contribution in [0.1, 0.15) is 0 Å². The van der Waals surface area contributed by atoms with Crippen molar-refractivity contribution >= 4 is 26.5 Å². The molecule has 18 heavy (non-hydrogen) atoms. The van der Waals surface area contributed by atoms with Crippen molar-refractivity contribution in [1.29, 1.82) is 0 Å². The predicted octanol–water partition coefficient (Wildman–Crippen LogP) is 2.79. The maximum absolute atomic E-state index is 5.63. The fraction of sp³-hybridized carbons (Fsp3) is 0.571. The van der Waals surface area contributed by atoms with Gasteiger partial charge < -0.3 is 9.47 Å². The van der Waals surface area contributed by atoms with E-state index in [0.29, 0.717) is 0 Å². The molecule has 0 atom stereocenters. The lowest BCUT2D eigenvalue weighted by atomic mass is 10.3. The minimum atomic E-state index is -1.48. The Morgan fingerprint density at radius 1 is 0.722 bits per heavy atom. The third-order valence-electron chi connectivity index (χ3n) is 3.12. The predicted molar refractivity (Wildman–Crippen MR) is 85.5 cm³/mol. The second-order valence-corrected chi connectivity index (χ2v) is 16.8. The smallest absolute Gasteiger partial charge is 0.121 e. The highest BCUT2D eigenvalue weighted by molar-refractivity contribution is 6.91. The Labute approximate surface area is 113 Å². The normalized spacial score (nSPS) is 12.4. The highest BCUT2D eigenvalue weighted by Gasteiger charge is 2.28. The van der Waals surface area contributed by atoms with Crippen LogP contribution in [0.5, 0.6) is 11.5 Å². The van der Waals surface area contributed by atoms with Crippen molar-refractivity contribution in [2.45, 2.75) is 39.3 Å². The zero-order valence-corrected chi connectivity index (χ0v) is 15.0. The van der Waals surface area contributed by atoms with Crippen molar-refractivity contribution in [3.63, 3.8) is 0 Å². The number of hydrogen-bond acceptors (Lipinski definition) is 2. The third-order valence-corrected chi connectivity index (χ3v) is 7.14. The van der Waals surface area contributed by atoms with E-state index in [0.717, 1.165) is 11.5 Å². The Kier molecular flexibility index (Phi) is 4.33. The molecule has 102 valence electrons. The summed E-state index contributed by atoms with van der Waals surface area (Å²) in [6.07, 6.45) is 0. The molecule has 0 bridgehead atoms.